The second-order valence-corrected chi connectivity index (χ2v) is 7.15. The monoisotopic (exact) mass is 309 g/mol. The largest absolute Gasteiger partial charge is 0.486 e. The van der Waals surface area contributed by atoms with E-state index in [0.29, 0.717) is 5.75 Å². The van der Waals surface area contributed by atoms with Crippen LogP contribution in [-0.2, 0) is 10.2 Å². The van der Waals surface area contributed by atoms with Crippen molar-refractivity contribution in [1.29, 1.82) is 0 Å². The number of amides is 1. The van der Waals surface area contributed by atoms with Gasteiger partial charge in [-0.3, -0.25) is 9.59 Å². The Morgan fingerprint density at radius 2 is 1.86 bits per heavy atom. The summed E-state index contributed by atoms with van der Waals surface area (Å²) in [5.41, 5.74) is 0.911. The predicted molar refractivity (Wildman–Crippen MR) is 86.3 cm³/mol. The minimum atomic E-state index is -0.121. The van der Waals surface area contributed by atoms with Gasteiger partial charge in [-0.15, -0.1) is 0 Å². The lowest BCUT2D eigenvalue weighted by molar-refractivity contribution is -0.118. The summed E-state index contributed by atoms with van der Waals surface area (Å²) < 4.78 is 5.46. The van der Waals surface area contributed by atoms with Crippen molar-refractivity contribution >= 4 is 22.8 Å². The molecule has 0 spiro atoms. The van der Waals surface area contributed by atoms with Crippen molar-refractivity contribution in [2.45, 2.75) is 38.0 Å². The van der Waals surface area contributed by atoms with Gasteiger partial charge in [0.25, 0.3) is 5.24 Å². The Morgan fingerprint density at radius 3 is 2.33 bits per heavy atom. The van der Waals surface area contributed by atoms with Crippen LogP contribution in [-0.4, -0.2) is 36.6 Å². The quantitative estimate of drug-likeness (QED) is 0.795. The van der Waals surface area contributed by atoms with E-state index in [0.717, 1.165) is 10.5 Å². The van der Waals surface area contributed by atoms with Crippen molar-refractivity contribution in [3.63, 3.8) is 0 Å². The Morgan fingerprint density at radius 1 is 1.24 bits per heavy atom. The van der Waals surface area contributed by atoms with Gasteiger partial charge in [0.05, 0.1) is 0 Å². The molecule has 0 radical (unpaired) electrons. The summed E-state index contributed by atoms with van der Waals surface area (Å²) in [5, 5.41) is -0.0158. The summed E-state index contributed by atoms with van der Waals surface area (Å²) in [6.45, 7) is 7.81. The molecular formula is C16H23NO3S. The fourth-order valence-electron chi connectivity index (χ4n) is 1.64. The molecule has 5 heteroatoms. The number of Topliss-reactive ketones (excluding diaryl/α,β-unsaturated/α-hetero) is 1. The third-order valence-electron chi connectivity index (χ3n) is 2.76. The molecule has 0 aromatic heterocycles. The van der Waals surface area contributed by atoms with E-state index >= 15 is 0 Å². The smallest absolute Gasteiger partial charge is 0.285 e. The summed E-state index contributed by atoms with van der Waals surface area (Å²) in [6.07, 6.45) is 0. The van der Waals surface area contributed by atoms with E-state index in [-0.39, 0.29) is 23.0 Å². The predicted octanol–water partition coefficient (Wildman–Crippen LogP) is 3.73. The van der Waals surface area contributed by atoms with Crippen LogP contribution in [0.25, 0.3) is 0 Å². The molecule has 0 N–H and O–H groups in total. The van der Waals surface area contributed by atoms with Crippen LogP contribution in [0, 0.1) is 0 Å². The topological polar surface area (TPSA) is 46.6 Å². The molecule has 0 aliphatic carbocycles. The van der Waals surface area contributed by atoms with Crippen LogP contribution in [0.1, 0.15) is 33.3 Å². The molecule has 1 aromatic carbocycles. The summed E-state index contributed by atoms with van der Waals surface area (Å²) in [5.74, 6) is 0.630. The maximum absolute atomic E-state index is 11.9. The lowest BCUT2D eigenvalue weighted by atomic mass is 9.87. The normalized spacial score (nSPS) is 11.1. The molecule has 1 amide bonds. The average Bonchev–Trinajstić information content (AvgIpc) is 2.35. The van der Waals surface area contributed by atoms with Crippen LogP contribution in [0.2, 0.25) is 0 Å². The summed E-state index contributed by atoms with van der Waals surface area (Å²) in [4.78, 5) is 25.4. The maximum atomic E-state index is 11.9. The van der Waals surface area contributed by atoms with E-state index in [1.165, 1.54) is 18.7 Å². The number of carbonyl (C=O) groups excluding carboxylic acids is 2. The molecule has 1 rings (SSSR count). The first-order chi connectivity index (χ1) is 9.61. The molecule has 1 aromatic rings. The first-order valence-corrected chi connectivity index (χ1v) is 7.59. The second kappa shape index (κ2) is 6.98. The Balaban J connectivity index is 3.08. The van der Waals surface area contributed by atoms with Crippen LogP contribution in [0.5, 0.6) is 5.75 Å². The van der Waals surface area contributed by atoms with E-state index in [4.69, 9.17) is 4.74 Å². The van der Waals surface area contributed by atoms with Gasteiger partial charge in [-0.1, -0.05) is 20.8 Å². The Labute approximate surface area is 130 Å². The van der Waals surface area contributed by atoms with Gasteiger partial charge >= 0.3 is 0 Å². The highest BCUT2D eigenvalue weighted by atomic mass is 32.2. The van der Waals surface area contributed by atoms with E-state index < -0.39 is 0 Å². The number of ketones is 1. The van der Waals surface area contributed by atoms with Gasteiger partial charge in [-0.25, -0.2) is 0 Å². The van der Waals surface area contributed by atoms with Gasteiger partial charge in [-0.2, -0.15) is 0 Å². The number of thioether (sulfide) groups is 1. The third-order valence-corrected chi connectivity index (χ3v) is 3.88. The van der Waals surface area contributed by atoms with Crippen LogP contribution in [0.3, 0.4) is 0 Å². The number of hydrogen-bond donors (Lipinski definition) is 0. The number of carbonyl (C=O) groups is 2. The molecule has 0 fully saturated rings. The highest BCUT2D eigenvalue weighted by Crippen LogP contribution is 2.36. The summed E-state index contributed by atoms with van der Waals surface area (Å²) >= 11 is 1.20. The molecule has 0 atom stereocenters. The van der Waals surface area contributed by atoms with Gasteiger partial charge < -0.3 is 9.64 Å². The molecule has 0 saturated heterocycles. The highest BCUT2D eigenvalue weighted by Gasteiger charge is 2.21. The third kappa shape index (κ3) is 5.42. The zero-order chi connectivity index (χ0) is 16.2. The minimum Gasteiger partial charge on any atom is -0.486 e. The van der Waals surface area contributed by atoms with Gasteiger partial charge in [0, 0.05) is 19.0 Å². The number of benzene rings is 1. The van der Waals surface area contributed by atoms with Crippen LogP contribution >= 0.6 is 11.8 Å². The maximum Gasteiger partial charge on any atom is 0.285 e. The number of rotatable bonds is 4. The molecular weight excluding hydrogens is 286 g/mol. The Bertz CT molecular complexity index is 533. The molecule has 0 aliphatic rings. The summed E-state index contributed by atoms with van der Waals surface area (Å²) in [6, 6.07) is 5.58. The van der Waals surface area contributed by atoms with Gasteiger partial charge in [0.2, 0.25) is 0 Å². The van der Waals surface area contributed by atoms with Crippen LogP contribution in [0.15, 0.2) is 23.1 Å². The zero-order valence-corrected chi connectivity index (χ0v) is 14.3. The molecule has 0 aliphatic heterocycles. The van der Waals surface area contributed by atoms with Crippen molar-refractivity contribution in [1.82, 2.24) is 4.90 Å². The molecule has 0 heterocycles. The highest BCUT2D eigenvalue weighted by molar-refractivity contribution is 8.13. The fourth-order valence-corrected chi connectivity index (χ4v) is 2.63. The van der Waals surface area contributed by atoms with E-state index in [9.17, 15) is 9.59 Å². The molecule has 21 heavy (non-hydrogen) atoms. The lowest BCUT2D eigenvalue weighted by Gasteiger charge is -2.23. The van der Waals surface area contributed by atoms with E-state index in [2.05, 4.69) is 20.8 Å². The van der Waals surface area contributed by atoms with Crippen LogP contribution < -0.4 is 4.74 Å². The fraction of sp³-hybridized carbons (Fsp3) is 0.500. The second-order valence-electron chi connectivity index (χ2n) is 6.16. The van der Waals surface area contributed by atoms with Crippen molar-refractivity contribution < 1.29 is 14.3 Å². The van der Waals surface area contributed by atoms with Crippen molar-refractivity contribution in [2.75, 3.05) is 20.7 Å². The minimum absolute atomic E-state index is 0.0158. The lowest BCUT2D eigenvalue weighted by Crippen LogP contribution is -2.18. The van der Waals surface area contributed by atoms with Crippen molar-refractivity contribution in [3.05, 3.63) is 23.8 Å². The SMILES string of the molecule is CC(=O)COc1ccc(SC(=O)N(C)C)c(C(C)(C)C)c1. The Kier molecular flexibility index (Phi) is 5.84. The average molecular weight is 309 g/mol. The molecule has 0 saturated carbocycles. The molecule has 0 unspecified atom stereocenters. The van der Waals surface area contributed by atoms with E-state index in [1.54, 1.807) is 25.1 Å². The van der Waals surface area contributed by atoms with Crippen molar-refractivity contribution in [3.8, 4) is 5.75 Å². The van der Waals surface area contributed by atoms with E-state index in [1.807, 2.05) is 12.1 Å². The molecule has 116 valence electrons. The van der Waals surface area contributed by atoms with Crippen molar-refractivity contribution in [2.24, 2.45) is 0 Å². The number of hydrogen-bond acceptors (Lipinski definition) is 4. The van der Waals surface area contributed by atoms with Gasteiger partial charge in [0.15, 0.2) is 5.78 Å². The number of ether oxygens (including phenoxy) is 1. The Hall–Kier alpha value is -1.49. The van der Waals surface area contributed by atoms with Crippen LogP contribution in [0.4, 0.5) is 4.79 Å². The summed E-state index contributed by atoms with van der Waals surface area (Å²) in [7, 11) is 3.47. The zero-order valence-electron chi connectivity index (χ0n) is 13.5. The first-order valence-electron chi connectivity index (χ1n) is 6.77. The van der Waals surface area contributed by atoms with Gasteiger partial charge in [-0.05, 0) is 47.9 Å². The van der Waals surface area contributed by atoms with Gasteiger partial charge in [0.1, 0.15) is 12.4 Å². The standard InChI is InChI=1S/C16H23NO3S/c1-11(18)10-20-12-7-8-14(21-15(19)17(5)6)13(9-12)16(2,3)4/h7-9H,10H2,1-6H3. The molecule has 0 bridgehead atoms. The number of nitrogens with zero attached hydrogens (tertiary/aromatic N) is 1. The first kappa shape index (κ1) is 17.6. The molecule has 4 nitrogen and oxygen atoms in total.